The van der Waals surface area contributed by atoms with Gasteiger partial charge in [0.2, 0.25) is 0 Å². The van der Waals surface area contributed by atoms with E-state index in [1.54, 1.807) is 0 Å². The van der Waals surface area contributed by atoms with Crippen LogP contribution in [0.2, 0.25) is 0 Å². The summed E-state index contributed by atoms with van der Waals surface area (Å²) in [7, 11) is 0. The molecule has 106 valence electrons. The van der Waals surface area contributed by atoms with E-state index >= 15 is 0 Å². The van der Waals surface area contributed by atoms with Gasteiger partial charge in [0.25, 0.3) is 0 Å². The third-order valence-corrected chi connectivity index (χ3v) is 4.46. The van der Waals surface area contributed by atoms with Crippen molar-refractivity contribution >= 4 is 0 Å². The molecule has 0 aromatic heterocycles. The number of hydrogen-bond acceptors (Lipinski definition) is 1. The lowest BCUT2D eigenvalue weighted by molar-refractivity contribution is -0.200. The fourth-order valence-electron chi connectivity index (χ4n) is 3.43. The summed E-state index contributed by atoms with van der Waals surface area (Å²) in [5, 5.41) is 3.40. The molecule has 0 spiro atoms. The molecule has 0 aliphatic heterocycles. The van der Waals surface area contributed by atoms with Gasteiger partial charge in [-0.1, -0.05) is 19.8 Å². The van der Waals surface area contributed by atoms with Gasteiger partial charge in [0.15, 0.2) is 0 Å². The minimum absolute atomic E-state index is 0.108. The van der Waals surface area contributed by atoms with Gasteiger partial charge in [-0.3, -0.25) is 0 Å². The Labute approximate surface area is 108 Å². The molecule has 3 unspecified atom stereocenters. The molecule has 18 heavy (non-hydrogen) atoms. The predicted octanol–water partition coefficient (Wildman–Crippen LogP) is 4.13. The van der Waals surface area contributed by atoms with Crippen LogP contribution in [0.15, 0.2) is 0 Å². The number of halogens is 3. The van der Waals surface area contributed by atoms with Gasteiger partial charge in [0, 0.05) is 6.04 Å². The molecule has 2 rings (SSSR count). The van der Waals surface area contributed by atoms with E-state index in [2.05, 4.69) is 12.2 Å². The highest BCUT2D eigenvalue weighted by Gasteiger charge is 2.50. The zero-order chi connectivity index (χ0) is 13.2. The first-order valence-corrected chi connectivity index (χ1v) is 7.34. The zero-order valence-corrected chi connectivity index (χ0v) is 11.1. The van der Waals surface area contributed by atoms with Crippen molar-refractivity contribution in [3.05, 3.63) is 0 Å². The largest absolute Gasteiger partial charge is 0.392 e. The highest BCUT2D eigenvalue weighted by atomic mass is 19.4. The lowest BCUT2D eigenvalue weighted by Crippen LogP contribution is -2.47. The van der Waals surface area contributed by atoms with Crippen LogP contribution >= 0.6 is 0 Å². The van der Waals surface area contributed by atoms with E-state index < -0.39 is 12.1 Å². The van der Waals surface area contributed by atoms with E-state index in [1.165, 1.54) is 0 Å². The summed E-state index contributed by atoms with van der Waals surface area (Å²) in [6, 6.07) is 0.108. The summed E-state index contributed by atoms with van der Waals surface area (Å²) < 4.78 is 39.4. The maximum Gasteiger partial charge on any atom is 0.392 e. The van der Waals surface area contributed by atoms with Crippen molar-refractivity contribution in [2.75, 3.05) is 6.54 Å². The number of nitrogens with one attached hydrogen (secondary N) is 1. The van der Waals surface area contributed by atoms with Gasteiger partial charge < -0.3 is 5.32 Å². The average Bonchev–Trinajstić information content (AvgIpc) is 3.13. The fraction of sp³-hybridized carbons (Fsp3) is 1.00. The lowest BCUT2D eigenvalue weighted by Gasteiger charge is -2.38. The van der Waals surface area contributed by atoms with Gasteiger partial charge in [-0.2, -0.15) is 13.2 Å². The van der Waals surface area contributed by atoms with Gasteiger partial charge >= 0.3 is 6.18 Å². The van der Waals surface area contributed by atoms with E-state index in [0.29, 0.717) is 12.3 Å². The molecular weight excluding hydrogens is 239 g/mol. The highest BCUT2D eigenvalue weighted by molar-refractivity contribution is 4.96. The van der Waals surface area contributed by atoms with Crippen LogP contribution in [0, 0.1) is 17.8 Å². The summed E-state index contributed by atoms with van der Waals surface area (Å²) in [6.45, 7) is 2.92. The maximum atomic E-state index is 13.1. The van der Waals surface area contributed by atoms with Crippen molar-refractivity contribution in [1.82, 2.24) is 5.32 Å². The molecule has 1 nitrogen and oxygen atoms in total. The minimum Gasteiger partial charge on any atom is -0.313 e. The lowest BCUT2D eigenvalue weighted by atomic mass is 9.73. The normalized spacial score (nSPS) is 31.3. The van der Waals surface area contributed by atoms with Gasteiger partial charge in [-0.05, 0) is 50.5 Å². The van der Waals surface area contributed by atoms with Crippen molar-refractivity contribution < 1.29 is 13.2 Å². The Kier molecular flexibility index (Phi) is 4.57. The monoisotopic (exact) mass is 263 g/mol. The van der Waals surface area contributed by atoms with Crippen molar-refractivity contribution in [3.8, 4) is 0 Å². The molecule has 0 bridgehead atoms. The number of rotatable bonds is 5. The van der Waals surface area contributed by atoms with Gasteiger partial charge in [-0.15, -0.1) is 0 Å². The second-order valence-corrected chi connectivity index (χ2v) is 5.91. The quantitative estimate of drug-likeness (QED) is 0.786. The van der Waals surface area contributed by atoms with Crippen molar-refractivity contribution in [1.29, 1.82) is 0 Å². The Balaban J connectivity index is 2.05. The highest BCUT2D eigenvalue weighted by Crippen LogP contribution is 2.47. The standard InChI is InChI=1S/C14H24F3N/c1-2-9-18-13(10-7-8-10)11-5-3-4-6-12(11)14(15,16)17/h10-13,18H,2-9H2,1H3. The van der Waals surface area contributed by atoms with Crippen molar-refractivity contribution in [3.63, 3.8) is 0 Å². The molecule has 0 heterocycles. The molecule has 0 radical (unpaired) electrons. The second kappa shape index (κ2) is 5.81. The SMILES string of the molecule is CCCNC(C1CC1)C1CCCCC1C(F)(F)F. The molecule has 0 aromatic rings. The van der Waals surface area contributed by atoms with Crippen LogP contribution in [0.5, 0.6) is 0 Å². The molecule has 2 aliphatic carbocycles. The molecule has 3 atom stereocenters. The first kappa shape index (κ1) is 14.2. The summed E-state index contributed by atoms with van der Waals surface area (Å²) >= 11 is 0. The van der Waals surface area contributed by atoms with Crippen LogP contribution in [-0.4, -0.2) is 18.8 Å². The van der Waals surface area contributed by atoms with Crippen molar-refractivity contribution in [2.45, 2.75) is 64.1 Å². The first-order valence-electron chi connectivity index (χ1n) is 7.34. The smallest absolute Gasteiger partial charge is 0.313 e. The molecule has 1 N–H and O–H groups in total. The molecular formula is C14H24F3N. The zero-order valence-electron chi connectivity index (χ0n) is 11.1. The molecule has 4 heteroatoms. The summed E-state index contributed by atoms with van der Waals surface area (Å²) in [4.78, 5) is 0. The molecule has 2 fully saturated rings. The van der Waals surface area contributed by atoms with E-state index in [9.17, 15) is 13.2 Å². The Morgan fingerprint density at radius 2 is 1.78 bits per heavy atom. The molecule has 2 saturated carbocycles. The second-order valence-electron chi connectivity index (χ2n) is 5.91. The summed E-state index contributed by atoms with van der Waals surface area (Å²) in [6.07, 6.45) is 2.01. The summed E-state index contributed by atoms with van der Waals surface area (Å²) in [5.41, 5.74) is 0. The van der Waals surface area contributed by atoms with Gasteiger partial charge in [0.05, 0.1) is 5.92 Å². The maximum absolute atomic E-state index is 13.1. The van der Waals surface area contributed by atoms with Crippen LogP contribution in [0.1, 0.15) is 51.9 Å². The minimum atomic E-state index is -4.01. The van der Waals surface area contributed by atoms with Crippen molar-refractivity contribution in [2.24, 2.45) is 17.8 Å². The Morgan fingerprint density at radius 3 is 2.33 bits per heavy atom. The van der Waals surface area contributed by atoms with Crippen LogP contribution in [0.3, 0.4) is 0 Å². The molecule has 0 aromatic carbocycles. The first-order chi connectivity index (χ1) is 8.54. The van der Waals surface area contributed by atoms with Crippen LogP contribution in [-0.2, 0) is 0 Å². The van der Waals surface area contributed by atoms with E-state index in [0.717, 1.165) is 45.1 Å². The van der Waals surface area contributed by atoms with E-state index in [-0.39, 0.29) is 12.0 Å². The van der Waals surface area contributed by atoms with Gasteiger partial charge in [-0.25, -0.2) is 0 Å². The predicted molar refractivity (Wildman–Crippen MR) is 66.3 cm³/mol. The Hall–Kier alpha value is -0.250. The fourth-order valence-corrected chi connectivity index (χ4v) is 3.43. The molecule has 2 aliphatic rings. The molecule has 0 saturated heterocycles. The van der Waals surface area contributed by atoms with E-state index in [4.69, 9.17) is 0 Å². The van der Waals surface area contributed by atoms with Crippen LogP contribution in [0.25, 0.3) is 0 Å². The Bertz CT molecular complexity index is 260. The molecule has 0 amide bonds. The number of alkyl halides is 3. The topological polar surface area (TPSA) is 12.0 Å². The van der Waals surface area contributed by atoms with E-state index in [1.807, 2.05) is 0 Å². The number of hydrogen-bond donors (Lipinski definition) is 1. The third kappa shape index (κ3) is 3.40. The van der Waals surface area contributed by atoms with Gasteiger partial charge in [0.1, 0.15) is 0 Å². The average molecular weight is 263 g/mol. The Morgan fingerprint density at radius 1 is 1.11 bits per heavy atom. The van der Waals surface area contributed by atoms with Crippen LogP contribution in [0.4, 0.5) is 13.2 Å². The van der Waals surface area contributed by atoms with Crippen LogP contribution < -0.4 is 5.32 Å². The summed E-state index contributed by atoms with van der Waals surface area (Å²) in [5.74, 6) is -0.747. The third-order valence-electron chi connectivity index (χ3n) is 4.46.